The second-order valence-corrected chi connectivity index (χ2v) is 6.53. The molecule has 0 unspecified atom stereocenters. The molecule has 0 aliphatic carbocycles. The summed E-state index contributed by atoms with van der Waals surface area (Å²) >= 11 is 2.89. The lowest BCUT2D eigenvalue weighted by molar-refractivity contribution is 0.259. The summed E-state index contributed by atoms with van der Waals surface area (Å²) in [5.41, 5.74) is 2.56. The molecular weight excluding hydrogens is 290 g/mol. The molecule has 0 heterocycles. The fourth-order valence-electron chi connectivity index (χ4n) is 1.96. The second-order valence-electron chi connectivity index (χ2n) is 5.81. The molecular formula is C15H22BrNO. The SMILES string of the molecule is CC(C)Cc1ccc(C(C)(C)CNC(=O)Br)cc1. The van der Waals surface area contributed by atoms with Crippen LogP contribution in [-0.2, 0) is 11.8 Å². The molecule has 1 N–H and O–H groups in total. The van der Waals surface area contributed by atoms with Crippen molar-refractivity contribution in [2.75, 3.05) is 6.54 Å². The Hall–Kier alpha value is -0.830. The minimum absolute atomic E-state index is 0.0558. The van der Waals surface area contributed by atoms with Crippen LogP contribution < -0.4 is 5.32 Å². The Bertz CT molecular complexity index is 395. The zero-order valence-corrected chi connectivity index (χ0v) is 13.2. The van der Waals surface area contributed by atoms with Crippen LogP contribution in [-0.4, -0.2) is 11.4 Å². The number of hydrogen-bond donors (Lipinski definition) is 1. The standard InChI is InChI=1S/C15H22BrNO/c1-11(2)9-12-5-7-13(8-6-12)15(3,4)10-17-14(16)18/h5-8,11H,9-10H2,1-4H3,(H,17,18). The second kappa shape index (κ2) is 6.37. The molecule has 0 aromatic heterocycles. The third-order valence-electron chi connectivity index (χ3n) is 3.05. The first kappa shape index (κ1) is 15.2. The van der Waals surface area contributed by atoms with Gasteiger partial charge in [0.15, 0.2) is 0 Å². The summed E-state index contributed by atoms with van der Waals surface area (Å²) in [5.74, 6) is 0.677. The van der Waals surface area contributed by atoms with Crippen LogP contribution in [0, 0.1) is 5.92 Å². The molecule has 1 aromatic carbocycles. The highest BCUT2D eigenvalue weighted by Gasteiger charge is 2.20. The molecule has 18 heavy (non-hydrogen) atoms. The zero-order chi connectivity index (χ0) is 13.8. The fourth-order valence-corrected chi connectivity index (χ4v) is 2.10. The number of rotatable bonds is 5. The van der Waals surface area contributed by atoms with Crippen LogP contribution in [0.3, 0.4) is 0 Å². The molecule has 0 aliphatic heterocycles. The minimum atomic E-state index is -0.160. The van der Waals surface area contributed by atoms with E-state index in [-0.39, 0.29) is 10.2 Å². The molecule has 0 radical (unpaired) electrons. The van der Waals surface area contributed by atoms with Crippen molar-refractivity contribution in [3.05, 3.63) is 35.4 Å². The maximum atomic E-state index is 10.9. The minimum Gasteiger partial charge on any atom is -0.346 e. The number of benzene rings is 1. The number of amides is 1. The van der Waals surface area contributed by atoms with Gasteiger partial charge in [-0.3, -0.25) is 4.79 Å². The van der Waals surface area contributed by atoms with Gasteiger partial charge in [-0.2, -0.15) is 0 Å². The van der Waals surface area contributed by atoms with Gasteiger partial charge in [-0.25, -0.2) is 0 Å². The zero-order valence-electron chi connectivity index (χ0n) is 11.6. The van der Waals surface area contributed by atoms with Crippen LogP contribution in [0.15, 0.2) is 24.3 Å². The molecule has 100 valence electrons. The van der Waals surface area contributed by atoms with Gasteiger partial charge in [0.05, 0.1) is 0 Å². The molecule has 0 spiro atoms. The molecule has 0 fully saturated rings. The summed E-state index contributed by atoms with van der Waals surface area (Å²) in [6.45, 7) is 9.34. The third-order valence-corrected chi connectivity index (χ3v) is 3.33. The first-order valence-electron chi connectivity index (χ1n) is 6.34. The fraction of sp³-hybridized carbons (Fsp3) is 0.533. The number of nitrogens with one attached hydrogen (secondary N) is 1. The summed E-state index contributed by atoms with van der Waals surface area (Å²) in [5, 5.41) is 2.81. The number of carbonyl (C=O) groups excluding carboxylic acids is 1. The van der Waals surface area contributed by atoms with Gasteiger partial charge >= 0.3 is 0 Å². The lowest BCUT2D eigenvalue weighted by Gasteiger charge is -2.25. The van der Waals surface area contributed by atoms with Gasteiger partial charge in [-0.05, 0) is 23.5 Å². The van der Waals surface area contributed by atoms with E-state index in [9.17, 15) is 4.79 Å². The van der Waals surface area contributed by atoms with Crippen molar-refractivity contribution in [2.45, 2.75) is 39.5 Å². The Morgan fingerprint density at radius 2 is 1.83 bits per heavy atom. The van der Waals surface area contributed by atoms with E-state index in [1.54, 1.807) is 0 Å². The lowest BCUT2D eigenvalue weighted by Crippen LogP contribution is -2.34. The van der Waals surface area contributed by atoms with Crippen LogP contribution in [0.25, 0.3) is 0 Å². The number of hydrogen-bond acceptors (Lipinski definition) is 1. The highest BCUT2D eigenvalue weighted by atomic mass is 79.9. The highest BCUT2D eigenvalue weighted by molar-refractivity contribution is 9.18. The first-order valence-corrected chi connectivity index (χ1v) is 7.13. The lowest BCUT2D eigenvalue weighted by atomic mass is 9.84. The van der Waals surface area contributed by atoms with Crippen molar-refractivity contribution in [1.82, 2.24) is 5.32 Å². The maximum Gasteiger partial charge on any atom is 0.287 e. The summed E-state index contributed by atoms with van der Waals surface area (Å²) in [6.07, 6.45) is 1.11. The Morgan fingerprint density at radius 3 is 2.28 bits per heavy atom. The van der Waals surface area contributed by atoms with Crippen molar-refractivity contribution in [3.8, 4) is 0 Å². The van der Waals surface area contributed by atoms with E-state index in [1.165, 1.54) is 11.1 Å². The van der Waals surface area contributed by atoms with E-state index < -0.39 is 0 Å². The average Bonchev–Trinajstić information content (AvgIpc) is 2.26. The first-order chi connectivity index (χ1) is 8.31. The van der Waals surface area contributed by atoms with Crippen molar-refractivity contribution in [1.29, 1.82) is 0 Å². The van der Waals surface area contributed by atoms with Crippen LogP contribution in [0.4, 0.5) is 4.79 Å². The van der Waals surface area contributed by atoms with E-state index in [2.05, 4.69) is 73.2 Å². The Balaban J connectivity index is 2.73. The number of halogens is 1. The van der Waals surface area contributed by atoms with Crippen LogP contribution in [0.5, 0.6) is 0 Å². The van der Waals surface area contributed by atoms with Gasteiger partial charge in [-0.1, -0.05) is 52.0 Å². The summed E-state index contributed by atoms with van der Waals surface area (Å²) < 4.78 is 0. The number of carbonyl (C=O) groups is 1. The molecule has 0 bridgehead atoms. The van der Waals surface area contributed by atoms with E-state index >= 15 is 0 Å². The topological polar surface area (TPSA) is 29.1 Å². The van der Waals surface area contributed by atoms with Crippen molar-refractivity contribution < 1.29 is 4.79 Å². The quantitative estimate of drug-likeness (QED) is 0.638. The third kappa shape index (κ3) is 4.81. The van der Waals surface area contributed by atoms with Crippen LogP contribution in [0.2, 0.25) is 0 Å². The molecule has 0 saturated carbocycles. The normalized spacial score (nSPS) is 11.7. The molecule has 1 amide bonds. The van der Waals surface area contributed by atoms with Crippen molar-refractivity contribution in [2.24, 2.45) is 5.92 Å². The van der Waals surface area contributed by atoms with Crippen LogP contribution in [0.1, 0.15) is 38.8 Å². The van der Waals surface area contributed by atoms with Gasteiger partial charge in [-0.15, -0.1) is 0 Å². The van der Waals surface area contributed by atoms with Gasteiger partial charge in [0.25, 0.3) is 4.82 Å². The smallest absolute Gasteiger partial charge is 0.287 e. The van der Waals surface area contributed by atoms with E-state index in [4.69, 9.17) is 0 Å². The Labute approximate surface area is 118 Å². The monoisotopic (exact) mass is 311 g/mol. The molecule has 0 aliphatic rings. The highest BCUT2D eigenvalue weighted by Crippen LogP contribution is 2.23. The Kier molecular flexibility index (Phi) is 5.39. The van der Waals surface area contributed by atoms with E-state index in [1.807, 2.05) is 0 Å². The van der Waals surface area contributed by atoms with Crippen molar-refractivity contribution in [3.63, 3.8) is 0 Å². The predicted molar refractivity (Wildman–Crippen MR) is 80.3 cm³/mol. The predicted octanol–water partition coefficient (Wildman–Crippen LogP) is 4.27. The molecule has 1 rings (SSSR count). The Morgan fingerprint density at radius 1 is 1.28 bits per heavy atom. The summed E-state index contributed by atoms with van der Waals surface area (Å²) in [6, 6.07) is 8.70. The van der Waals surface area contributed by atoms with Crippen molar-refractivity contribution >= 4 is 20.7 Å². The maximum absolute atomic E-state index is 10.9. The molecule has 3 heteroatoms. The molecule has 0 saturated heterocycles. The summed E-state index contributed by atoms with van der Waals surface area (Å²) in [4.78, 5) is 10.7. The molecule has 2 nitrogen and oxygen atoms in total. The van der Waals surface area contributed by atoms with E-state index in [0.717, 1.165) is 6.42 Å². The molecule has 1 aromatic rings. The van der Waals surface area contributed by atoms with Gasteiger partial charge in [0.2, 0.25) is 0 Å². The largest absolute Gasteiger partial charge is 0.346 e. The van der Waals surface area contributed by atoms with Gasteiger partial charge in [0.1, 0.15) is 0 Å². The van der Waals surface area contributed by atoms with Gasteiger partial charge in [0, 0.05) is 27.9 Å². The molecule has 0 atom stereocenters. The average molecular weight is 312 g/mol. The van der Waals surface area contributed by atoms with E-state index in [0.29, 0.717) is 12.5 Å². The van der Waals surface area contributed by atoms with Crippen LogP contribution >= 0.6 is 15.9 Å². The van der Waals surface area contributed by atoms with Gasteiger partial charge < -0.3 is 5.32 Å². The summed E-state index contributed by atoms with van der Waals surface area (Å²) in [7, 11) is 0.